The Labute approximate surface area is 320 Å². The molecule has 7 rings (SSSR count). The van der Waals surface area contributed by atoms with E-state index in [1.165, 1.54) is 22.3 Å². The topological polar surface area (TPSA) is 38.9 Å². The Bertz CT molecular complexity index is 2210. The normalized spacial score (nSPS) is 11.7. The molecule has 3 aromatic heterocycles. The largest absolute Gasteiger partial charge is 0 e. The Kier molecular flexibility index (Phi) is 12.2. The predicted molar refractivity (Wildman–Crippen MR) is 214 cm³/mol. The van der Waals surface area contributed by atoms with Crippen molar-refractivity contribution in [3.8, 4) is 33.6 Å². The van der Waals surface area contributed by atoms with E-state index in [0.717, 1.165) is 57.3 Å². The van der Waals surface area contributed by atoms with Crippen molar-refractivity contribution in [1.29, 1.82) is 0 Å². The van der Waals surface area contributed by atoms with E-state index in [4.69, 9.17) is 9.40 Å². The van der Waals surface area contributed by atoms with Crippen molar-refractivity contribution >= 4 is 39.6 Å². The van der Waals surface area contributed by atoms with Crippen LogP contribution in [0.5, 0.6) is 0 Å². The first-order valence-corrected chi connectivity index (χ1v) is 25.0. The zero-order chi connectivity index (χ0) is 35.5. The van der Waals surface area contributed by atoms with Crippen molar-refractivity contribution in [3.63, 3.8) is 0 Å². The number of pyridine rings is 2. The SMILES string of the molecule is CC(C)(C)Cc1ccnc(-c2[c-]cc3oc4ccc(-c5ccccc5)cc4c3c2)c1.CC(C)Cc1cc(-c2[c-]cccc2)nc[c]1[Ge]([CH3])([CH3])[CH3].[Ir]. The molecule has 0 aliphatic heterocycles. The van der Waals surface area contributed by atoms with Gasteiger partial charge >= 0.3 is 126 Å². The number of rotatable bonds is 7. The first-order valence-electron chi connectivity index (χ1n) is 17.7. The Morgan fingerprint density at radius 1 is 0.725 bits per heavy atom. The minimum absolute atomic E-state index is 0. The molecule has 5 heteroatoms. The number of furan rings is 1. The smallest absolute Gasteiger partial charge is 0 e. The zero-order valence-corrected chi connectivity index (χ0v) is 35.6. The van der Waals surface area contributed by atoms with E-state index in [1.54, 1.807) is 4.40 Å². The van der Waals surface area contributed by atoms with E-state index >= 15 is 0 Å². The molecule has 3 heterocycles. The van der Waals surface area contributed by atoms with Gasteiger partial charge in [-0.05, 0) is 46.9 Å². The van der Waals surface area contributed by atoms with Gasteiger partial charge < -0.3 is 9.40 Å². The molecule has 0 N–H and O–H groups in total. The molecule has 0 fully saturated rings. The summed E-state index contributed by atoms with van der Waals surface area (Å²) in [5, 5.41) is 2.21. The average molecular weight is 910 g/mol. The summed E-state index contributed by atoms with van der Waals surface area (Å²) in [6, 6.07) is 42.2. The summed E-state index contributed by atoms with van der Waals surface area (Å²) in [5.41, 5.74) is 11.2. The molecule has 0 saturated carbocycles. The van der Waals surface area contributed by atoms with Crippen molar-refractivity contribution in [2.45, 2.75) is 64.7 Å². The number of hydrogen-bond acceptors (Lipinski definition) is 3. The summed E-state index contributed by atoms with van der Waals surface area (Å²) in [6.45, 7) is 11.3. The Balaban J connectivity index is 0.000000211. The van der Waals surface area contributed by atoms with Crippen LogP contribution >= 0.6 is 0 Å². The van der Waals surface area contributed by atoms with Gasteiger partial charge in [0.15, 0.2) is 0 Å². The molecule has 3 nitrogen and oxygen atoms in total. The summed E-state index contributed by atoms with van der Waals surface area (Å²) >= 11 is -1.86. The van der Waals surface area contributed by atoms with Crippen LogP contribution in [-0.2, 0) is 32.9 Å². The molecule has 0 spiro atoms. The summed E-state index contributed by atoms with van der Waals surface area (Å²) in [5.74, 6) is 7.99. The fourth-order valence-electron chi connectivity index (χ4n) is 6.50. The van der Waals surface area contributed by atoms with Crippen molar-refractivity contribution in [2.75, 3.05) is 0 Å². The Hall–Kier alpha value is -3.83. The molecule has 0 saturated heterocycles. The minimum Gasteiger partial charge on any atom is 0 e. The molecule has 51 heavy (non-hydrogen) atoms. The van der Waals surface area contributed by atoms with Crippen LogP contribution < -0.4 is 4.40 Å². The summed E-state index contributed by atoms with van der Waals surface area (Å²) in [7, 11) is 0. The van der Waals surface area contributed by atoms with E-state index in [2.05, 4.69) is 148 Å². The summed E-state index contributed by atoms with van der Waals surface area (Å²) in [6.07, 6.45) is 6.18. The summed E-state index contributed by atoms with van der Waals surface area (Å²) < 4.78 is 7.61. The maximum absolute atomic E-state index is 6.07. The second-order valence-corrected chi connectivity index (χ2v) is 26.5. The van der Waals surface area contributed by atoms with Crippen LogP contribution in [0.1, 0.15) is 45.7 Å². The van der Waals surface area contributed by atoms with Gasteiger partial charge in [-0.25, -0.2) is 0 Å². The molecule has 0 unspecified atom stereocenters. The molecule has 0 amide bonds. The number of hydrogen-bond donors (Lipinski definition) is 0. The zero-order valence-electron chi connectivity index (χ0n) is 31.1. The third-order valence-corrected chi connectivity index (χ3v) is 13.1. The number of benzene rings is 4. The average Bonchev–Trinajstić information content (AvgIpc) is 3.45. The monoisotopic (exact) mass is 911 g/mol. The van der Waals surface area contributed by atoms with Crippen molar-refractivity contribution < 1.29 is 24.5 Å². The van der Waals surface area contributed by atoms with Crippen LogP contribution in [-0.4, -0.2) is 23.2 Å². The second kappa shape index (κ2) is 16.2. The van der Waals surface area contributed by atoms with E-state index in [1.807, 2.05) is 36.5 Å². The maximum atomic E-state index is 6.07. The molecule has 0 aliphatic rings. The first-order chi connectivity index (χ1) is 23.8. The molecule has 1 radical (unpaired) electrons. The van der Waals surface area contributed by atoms with Gasteiger partial charge in [0.05, 0.1) is 5.58 Å². The fourth-order valence-corrected chi connectivity index (χ4v) is 9.84. The van der Waals surface area contributed by atoms with Gasteiger partial charge in [-0.3, -0.25) is 0 Å². The second-order valence-electron chi connectivity index (χ2n) is 15.9. The van der Waals surface area contributed by atoms with Crippen molar-refractivity contribution in [2.24, 2.45) is 11.3 Å². The van der Waals surface area contributed by atoms with Gasteiger partial charge in [-0.15, -0.1) is 23.8 Å². The van der Waals surface area contributed by atoms with E-state index in [0.29, 0.717) is 5.92 Å². The molecule has 0 atom stereocenters. The Morgan fingerprint density at radius 2 is 1.45 bits per heavy atom. The molecule has 0 bridgehead atoms. The molecule has 0 aliphatic carbocycles. The third-order valence-electron chi connectivity index (χ3n) is 8.76. The minimum atomic E-state index is -1.86. The van der Waals surface area contributed by atoms with Crippen LogP contribution in [0.15, 0.2) is 120 Å². The molecular weight excluding hydrogens is 861 g/mol. The van der Waals surface area contributed by atoms with Gasteiger partial charge in [0.25, 0.3) is 0 Å². The number of aromatic nitrogens is 2. The van der Waals surface area contributed by atoms with Gasteiger partial charge in [0, 0.05) is 31.7 Å². The fraction of sp³-hybridized carbons (Fsp3) is 0.261. The van der Waals surface area contributed by atoms with Gasteiger partial charge in [-0.2, -0.15) is 0 Å². The Morgan fingerprint density at radius 3 is 2.14 bits per heavy atom. The van der Waals surface area contributed by atoms with E-state index in [-0.39, 0.29) is 25.5 Å². The maximum Gasteiger partial charge on any atom is 0 e. The van der Waals surface area contributed by atoms with E-state index in [9.17, 15) is 0 Å². The molecule has 7 aromatic rings. The van der Waals surface area contributed by atoms with Gasteiger partial charge in [0.2, 0.25) is 0 Å². The predicted octanol–water partition coefficient (Wildman–Crippen LogP) is 12.0. The van der Waals surface area contributed by atoms with Crippen LogP contribution in [0.4, 0.5) is 0 Å². The van der Waals surface area contributed by atoms with Crippen molar-refractivity contribution in [1.82, 2.24) is 9.97 Å². The summed E-state index contributed by atoms with van der Waals surface area (Å²) in [4.78, 5) is 9.31. The van der Waals surface area contributed by atoms with Crippen molar-refractivity contribution in [3.05, 3.63) is 139 Å². The molecule has 263 valence electrons. The quantitative estimate of drug-likeness (QED) is 0.118. The number of fused-ring (bicyclic) bond motifs is 3. The first kappa shape index (κ1) is 38.4. The standard InChI is InChI=1S/C28H24NO.C18H24GeN.Ir/c1-28(2,3)18-19-13-14-29-25(15-19)22-10-12-27-24(17-22)23-16-21(9-11-26(23)30-27)20-7-5-4-6-8-20;1-14(2)11-16-12-18(15-9-7-6-8-10-15)20-13-17(16)19(3,4)5;/h4-9,11-17H,18H2,1-3H3;6-9,12-14H,11H2,1-5H3;/q2*-1;. The van der Waals surface area contributed by atoms with E-state index < -0.39 is 13.3 Å². The molecular formula is C46H48GeIrN2O-2. The van der Waals surface area contributed by atoms with Crippen LogP contribution in [0, 0.1) is 23.5 Å². The number of nitrogens with zero attached hydrogens (tertiary/aromatic N) is 2. The molecule has 4 aromatic carbocycles. The van der Waals surface area contributed by atoms with Crippen LogP contribution in [0.2, 0.25) is 17.3 Å². The van der Waals surface area contributed by atoms with Crippen LogP contribution in [0.3, 0.4) is 0 Å². The van der Waals surface area contributed by atoms with Gasteiger partial charge in [-0.1, -0.05) is 74.2 Å². The van der Waals surface area contributed by atoms with Crippen LogP contribution in [0.25, 0.3) is 55.6 Å². The van der Waals surface area contributed by atoms with Gasteiger partial charge in [0.1, 0.15) is 5.58 Å². The third kappa shape index (κ3) is 9.74.